The lowest BCUT2D eigenvalue weighted by molar-refractivity contribution is -0.114. The van der Waals surface area contributed by atoms with Gasteiger partial charge in [0.15, 0.2) is 0 Å². The van der Waals surface area contributed by atoms with Crippen molar-refractivity contribution in [3.8, 4) is 5.75 Å². The van der Waals surface area contributed by atoms with Crippen molar-refractivity contribution >= 4 is 29.1 Å². The highest BCUT2D eigenvalue weighted by Crippen LogP contribution is 2.18. The number of methoxy groups -OCH3 is 1. The predicted molar refractivity (Wildman–Crippen MR) is 125 cm³/mol. The monoisotopic (exact) mass is 431 g/mol. The minimum Gasteiger partial charge on any atom is -0.497 e. The Morgan fingerprint density at radius 2 is 1.91 bits per heavy atom. The van der Waals surface area contributed by atoms with Gasteiger partial charge < -0.3 is 15.4 Å². The van der Waals surface area contributed by atoms with Crippen LogP contribution in [0.25, 0.3) is 0 Å². The summed E-state index contributed by atoms with van der Waals surface area (Å²) in [6, 6.07) is 16.1. The van der Waals surface area contributed by atoms with Gasteiger partial charge in [0.25, 0.3) is 5.91 Å². The van der Waals surface area contributed by atoms with Crippen molar-refractivity contribution in [3.05, 3.63) is 83.7 Å². The number of nitrogens with zero attached hydrogens (tertiary/aromatic N) is 2. The van der Waals surface area contributed by atoms with Crippen LogP contribution in [0.5, 0.6) is 5.75 Å². The van der Waals surface area contributed by atoms with Crippen molar-refractivity contribution in [2.24, 2.45) is 4.99 Å². The number of aromatic nitrogens is 1. The number of carbonyl (C=O) groups is 2. The number of aryl methyl sites for hydroxylation is 1. The average molecular weight is 431 g/mol. The van der Waals surface area contributed by atoms with E-state index in [4.69, 9.17) is 4.74 Å². The van der Waals surface area contributed by atoms with Crippen molar-refractivity contribution in [3.63, 3.8) is 0 Å². The average Bonchev–Trinajstić information content (AvgIpc) is 2.79. The number of rotatable bonds is 6. The highest BCUT2D eigenvalue weighted by molar-refractivity contribution is 6.10. The summed E-state index contributed by atoms with van der Waals surface area (Å²) in [5.41, 5.74) is 3.43. The van der Waals surface area contributed by atoms with Crippen LogP contribution in [-0.2, 0) is 11.3 Å². The smallest absolute Gasteiger partial charge is 0.258 e. The number of nitrogens with one attached hydrogen (secondary N) is 3. The number of ether oxygens (including phenoxy) is 1. The molecule has 3 rings (SSSR count). The van der Waals surface area contributed by atoms with Gasteiger partial charge in [0.2, 0.25) is 11.9 Å². The lowest BCUT2D eigenvalue weighted by atomic mass is 10.1. The van der Waals surface area contributed by atoms with Gasteiger partial charge >= 0.3 is 0 Å². The third kappa shape index (κ3) is 6.40. The van der Waals surface area contributed by atoms with Crippen molar-refractivity contribution in [2.45, 2.75) is 20.4 Å². The largest absolute Gasteiger partial charge is 0.497 e. The lowest BCUT2D eigenvalue weighted by Gasteiger charge is -2.14. The standard InChI is InChI=1S/C24H25N5O3/c1-16-9-10-19(12-22(16)27-17(2)30)23(31)29-24(26-15-18-6-5-11-25-14-18)28-20-7-4-8-21(13-20)32-3/h4-14H,15H2,1-3H3,(H,27,30)(H2,26,28,29,31). The molecule has 0 saturated heterocycles. The van der Waals surface area contributed by atoms with Gasteiger partial charge in [-0.05, 0) is 48.4 Å². The molecule has 0 saturated carbocycles. The molecule has 3 N–H and O–H groups in total. The minimum absolute atomic E-state index is 0.205. The summed E-state index contributed by atoms with van der Waals surface area (Å²) >= 11 is 0. The molecule has 8 heteroatoms. The fraction of sp³-hybridized carbons (Fsp3) is 0.167. The summed E-state index contributed by atoms with van der Waals surface area (Å²) < 4.78 is 5.26. The molecular weight excluding hydrogens is 406 g/mol. The molecule has 1 aromatic heterocycles. The fourth-order valence-corrected chi connectivity index (χ4v) is 2.88. The van der Waals surface area contributed by atoms with Crippen LogP contribution in [-0.4, -0.2) is 29.9 Å². The fourth-order valence-electron chi connectivity index (χ4n) is 2.88. The van der Waals surface area contributed by atoms with E-state index in [9.17, 15) is 9.59 Å². The Morgan fingerprint density at radius 1 is 1.06 bits per heavy atom. The van der Waals surface area contributed by atoms with Gasteiger partial charge in [0.05, 0.1) is 13.7 Å². The third-order valence-electron chi connectivity index (χ3n) is 4.52. The van der Waals surface area contributed by atoms with Crippen LogP contribution in [0.3, 0.4) is 0 Å². The van der Waals surface area contributed by atoms with Crippen LogP contribution in [0, 0.1) is 6.92 Å². The first kappa shape index (κ1) is 22.5. The lowest BCUT2D eigenvalue weighted by Crippen LogP contribution is -2.36. The normalized spacial score (nSPS) is 10.9. The molecular formula is C24H25N5O3. The van der Waals surface area contributed by atoms with E-state index in [0.717, 1.165) is 11.1 Å². The van der Waals surface area contributed by atoms with Gasteiger partial charge in [-0.2, -0.15) is 0 Å². The number of guanidine groups is 1. The van der Waals surface area contributed by atoms with Crippen LogP contribution < -0.4 is 20.7 Å². The van der Waals surface area contributed by atoms with Crippen LogP contribution in [0.15, 0.2) is 72.0 Å². The molecule has 0 unspecified atom stereocenters. The first-order chi connectivity index (χ1) is 15.4. The number of carbonyl (C=O) groups excluding carboxylic acids is 2. The Labute approximate surface area is 186 Å². The number of hydrogen-bond donors (Lipinski definition) is 3. The highest BCUT2D eigenvalue weighted by Gasteiger charge is 2.12. The molecule has 0 radical (unpaired) electrons. The SMILES string of the molecule is COc1cccc(NC(=NCc2cccnc2)NC(=O)c2ccc(C)c(NC(C)=O)c2)c1. The molecule has 0 aliphatic carbocycles. The summed E-state index contributed by atoms with van der Waals surface area (Å²) in [4.78, 5) is 33.0. The maximum atomic E-state index is 12.9. The molecule has 0 spiro atoms. The first-order valence-corrected chi connectivity index (χ1v) is 9.98. The zero-order valence-corrected chi connectivity index (χ0v) is 18.2. The van der Waals surface area contributed by atoms with E-state index < -0.39 is 0 Å². The molecule has 2 aromatic carbocycles. The molecule has 32 heavy (non-hydrogen) atoms. The van der Waals surface area contributed by atoms with E-state index in [-0.39, 0.29) is 17.8 Å². The third-order valence-corrected chi connectivity index (χ3v) is 4.52. The zero-order valence-electron chi connectivity index (χ0n) is 18.2. The number of aliphatic imine (C=N–C) groups is 1. The topological polar surface area (TPSA) is 105 Å². The van der Waals surface area contributed by atoms with Crippen LogP contribution in [0.4, 0.5) is 11.4 Å². The molecule has 1 heterocycles. The van der Waals surface area contributed by atoms with E-state index in [1.807, 2.05) is 37.3 Å². The van der Waals surface area contributed by atoms with E-state index in [1.165, 1.54) is 6.92 Å². The van der Waals surface area contributed by atoms with Gasteiger partial charge in [-0.3, -0.25) is 19.9 Å². The molecule has 8 nitrogen and oxygen atoms in total. The van der Waals surface area contributed by atoms with Crippen molar-refractivity contribution in [1.29, 1.82) is 0 Å². The number of hydrogen-bond acceptors (Lipinski definition) is 5. The molecule has 0 bridgehead atoms. The van der Waals surface area contributed by atoms with Gasteiger partial charge in [-0.15, -0.1) is 0 Å². The highest BCUT2D eigenvalue weighted by atomic mass is 16.5. The second-order valence-corrected chi connectivity index (χ2v) is 7.05. The minimum atomic E-state index is -0.364. The first-order valence-electron chi connectivity index (χ1n) is 9.98. The van der Waals surface area contributed by atoms with Crippen LogP contribution in [0.2, 0.25) is 0 Å². The summed E-state index contributed by atoms with van der Waals surface area (Å²) in [7, 11) is 1.59. The Balaban J connectivity index is 1.84. The molecule has 2 amide bonds. The number of amides is 2. The quantitative estimate of drug-likeness (QED) is 0.407. The maximum Gasteiger partial charge on any atom is 0.258 e. The Hall–Kier alpha value is -4.20. The molecule has 164 valence electrons. The van der Waals surface area contributed by atoms with Gasteiger partial charge in [0.1, 0.15) is 5.75 Å². The molecule has 0 fully saturated rings. The van der Waals surface area contributed by atoms with E-state index >= 15 is 0 Å². The molecule has 0 aliphatic heterocycles. The van der Waals surface area contributed by atoms with Gasteiger partial charge in [0, 0.05) is 42.3 Å². The van der Waals surface area contributed by atoms with Crippen molar-refractivity contribution < 1.29 is 14.3 Å². The predicted octanol–water partition coefficient (Wildman–Crippen LogP) is 3.76. The van der Waals surface area contributed by atoms with Crippen LogP contribution >= 0.6 is 0 Å². The van der Waals surface area contributed by atoms with Crippen molar-refractivity contribution in [1.82, 2.24) is 10.3 Å². The summed E-state index contributed by atoms with van der Waals surface area (Å²) in [6.45, 7) is 3.61. The maximum absolute atomic E-state index is 12.9. The molecule has 3 aromatic rings. The number of pyridine rings is 1. The van der Waals surface area contributed by atoms with E-state index in [1.54, 1.807) is 43.8 Å². The second-order valence-electron chi connectivity index (χ2n) is 7.05. The Morgan fingerprint density at radius 3 is 2.62 bits per heavy atom. The van der Waals surface area contributed by atoms with E-state index in [2.05, 4.69) is 25.9 Å². The second kappa shape index (κ2) is 10.7. The molecule has 0 atom stereocenters. The zero-order chi connectivity index (χ0) is 22.9. The van der Waals surface area contributed by atoms with Gasteiger partial charge in [-0.25, -0.2) is 4.99 Å². The number of benzene rings is 2. The Kier molecular flexibility index (Phi) is 7.53. The Bertz CT molecular complexity index is 1130. The van der Waals surface area contributed by atoms with Gasteiger partial charge in [-0.1, -0.05) is 18.2 Å². The summed E-state index contributed by atoms with van der Waals surface area (Å²) in [5.74, 6) is 0.376. The summed E-state index contributed by atoms with van der Waals surface area (Å²) in [5, 5.41) is 8.68. The van der Waals surface area contributed by atoms with E-state index in [0.29, 0.717) is 29.2 Å². The molecule has 0 aliphatic rings. The number of anilines is 2. The van der Waals surface area contributed by atoms with Crippen LogP contribution in [0.1, 0.15) is 28.4 Å². The summed E-state index contributed by atoms with van der Waals surface area (Å²) in [6.07, 6.45) is 3.41. The van der Waals surface area contributed by atoms with Crippen molar-refractivity contribution in [2.75, 3.05) is 17.7 Å².